The van der Waals surface area contributed by atoms with Gasteiger partial charge in [0.2, 0.25) is 0 Å². The lowest BCUT2D eigenvalue weighted by molar-refractivity contribution is -0.153. The van der Waals surface area contributed by atoms with Crippen LogP contribution in [0.15, 0.2) is 22.9 Å². The average Bonchev–Trinajstić information content (AvgIpc) is 3.37. The number of urea groups is 1. The quantitative estimate of drug-likeness (QED) is 0.280. The van der Waals surface area contributed by atoms with Gasteiger partial charge in [-0.2, -0.15) is 11.3 Å². The number of rotatable bonds is 10. The van der Waals surface area contributed by atoms with Crippen molar-refractivity contribution in [3.8, 4) is 0 Å². The van der Waals surface area contributed by atoms with Crippen molar-refractivity contribution in [3.63, 3.8) is 0 Å². The number of aromatic nitrogens is 1. The molecule has 40 heavy (non-hydrogen) atoms. The van der Waals surface area contributed by atoms with E-state index in [1.807, 2.05) is 21.7 Å². The van der Waals surface area contributed by atoms with Crippen LogP contribution in [0.1, 0.15) is 68.4 Å². The molecule has 0 bridgehead atoms. The Bertz CT molecular complexity index is 1140. The third kappa shape index (κ3) is 9.61. The van der Waals surface area contributed by atoms with Gasteiger partial charge in [0.25, 0.3) is 5.91 Å². The number of pyridine rings is 1. The number of aryl methyl sites for hydroxylation is 1. The van der Waals surface area contributed by atoms with Crippen LogP contribution in [0.2, 0.25) is 10.3 Å². The van der Waals surface area contributed by atoms with Gasteiger partial charge < -0.3 is 25.2 Å². The molecule has 0 radical (unpaired) electrons. The molecule has 1 fully saturated rings. The molecule has 1 aliphatic heterocycles. The lowest BCUT2D eigenvalue weighted by Gasteiger charge is -2.40. The number of nitrogens with zero attached hydrogens (tertiary/aromatic N) is 3. The summed E-state index contributed by atoms with van der Waals surface area (Å²) in [7, 11) is 0. The van der Waals surface area contributed by atoms with Crippen molar-refractivity contribution in [2.24, 2.45) is 0 Å². The highest BCUT2D eigenvalue weighted by molar-refractivity contribution is 7.07. The van der Waals surface area contributed by atoms with E-state index in [-0.39, 0.29) is 40.9 Å². The van der Waals surface area contributed by atoms with Gasteiger partial charge in [-0.05, 0) is 87.9 Å². The van der Waals surface area contributed by atoms with Crippen LogP contribution in [-0.2, 0) is 16.1 Å². The Morgan fingerprint density at radius 3 is 2.52 bits per heavy atom. The summed E-state index contributed by atoms with van der Waals surface area (Å²) in [6.07, 6.45) is 2.39. The summed E-state index contributed by atoms with van der Waals surface area (Å²) >= 11 is 13.6. The molecule has 1 saturated heterocycles. The van der Waals surface area contributed by atoms with Crippen LogP contribution >= 0.6 is 34.5 Å². The number of hydrogen-bond donors (Lipinski definition) is 2. The van der Waals surface area contributed by atoms with E-state index < -0.39 is 11.6 Å². The first-order valence-electron chi connectivity index (χ1n) is 13.5. The Morgan fingerprint density at radius 1 is 1.23 bits per heavy atom. The van der Waals surface area contributed by atoms with Crippen molar-refractivity contribution in [1.29, 1.82) is 0 Å². The number of hydrogen-bond acceptors (Lipinski definition) is 7. The van der Waals surface area contributed by atoms with E-state index in [1.54, 1.807) is 45.1 Å². The molecule has 0 aliphatic carbocycles. The molecule has 1 atom stereocenters. The van der Waals surface area contributed by atoms with Crippen molar-refractivity contribution in [3.05, 3.63) is 49.9 Å². The number of piperidine rings is 1. The number of thiophene rings is 1. The summed E-state index contributed by atoms with van der Waals surface area (Å²) in [4.78, 5) is 46.2. The SMILES string of the molecule is Cc1cc(Cl)nc(Cl)c1C(=O)NCCC(C)N1CCC(N(Cc2ccsc2)C(=O)NCC(=O)OC(C)(C)C)CC1. The summed E-state index contributed by atoms with van der Waals surface area (Å²) in [6.45, 7) is 11.8. The number of carbonyl (C=O) groups is 3. The van der Waals surface area contributed by atoms with E-state index >= 15 is 0 Å². The third-order valence-corrected chi connectivity index (χ3v) is 7.98. The summed E-state index contributed by atoms with van der Waals surface area (Å²) in [5, 5.41) is 10.1. The second-order valence-electron chi connectivity index (χ2n) is 11.1. The fourth-order valence-corrected chi connectivity index (χ4v) is 6.02. The van der Waals surface area contributed by atoms with Gasteiger partial charge in [-0.15, -0.1) is 0 Å². The average molecular weight is 613 g/mol. The Morgan fingerprint density at radius 2 is 1.93 bits per heavy atom. The van der Waals surface area contributed by atoms with Crippen molar-refractivity contribution in [2.75, 3.05) is 26.2 Å². The van der Waals surface area contributed by atoms with E-state index in [1.165, 1.54) is 0 Å². The van der Waals surface area contributed by atoms with Gasteiger partial charge in [-0.1, -0.05) is 23.2 Å². The number of esters is 1. The molecule has 220 valence electrons. The number of ether oxygens (including phenoxy) is 1. The first-order valence-corrected chi connectivity index (χ1v) is 15.2. The summed E-state index contributed by atoms with van der Waals surface area (Å²) < 4.78 is 5.33. The molecule has 1 aliphatic rings. The van der Waals surface area contributed by atoms with Crippen molar-refractivity contribution in [2.45, 2.75) is 78.1 Å². The van der Waals surface area contributed by atoms with Crippen LogP contribution in [0.25, 0.3) is 0 Å². The van der Waals surface area contributed by atoms with E-state index in [2.05, 4.69) is 27.4 Å². The number of likely N-dealkylation sites (tertiary alicyclic amines) is 1. The molecule has 3 heterocycles. The smallest absolute Gasteiger partial charge is 0.325 e. The minimum absolute atomic E-state index is 0.0456. The number of nitrogens with one attached hydrogen (secondary N) is 2. The Hall–Kier alpha value is -2.40. The van der Waals surface area contributed by atoms with E-state index in [9.17, 15) is 14.4 Å². The highest BCUT2D eigenvalue weighted by Crippen LogP contribution is 2.23. The first-order chi connectivity index (χ1) is 18.8. The van der Waals surface area contributed by atoms with Crippen LogP contribution < -0.4 is 10.6 Å². The van der Waals surface area contributed by atoms with Gasteiger partial charge in [-0.25, -0.2) is 9.78 Å². The molecule has 2 N–H and O–H groups in total. The minimum atomic E-state index is -0.608. The van der Waals surface area contributed by atoms with Crippen LogP contribution in [0.3, 0.4) is 0 Å². The number of carbonyl (C=O) groups excluding carboxylic acids is 3. The van der Waals surface area contributed by atoms with Gasteiger partial charge in [0, 0.05) is 38.3 Å². The predicted octanol–water partition coefficient (Wildman–Crippen LogP) is 5.28. The normalized spacial score (nSPS) is 15.4. The minimum Gasteiger partial charge on any atom is -0.459 e. The Kier molecular flexibility index (Phi) is 11.6. The largest absolute Gasteiger partial charge is 0.459 e. The molecule has 0 aromatic carbocycles. The first kappa shape index (κ1) is 32.1. The highest BCUT2D eigenvalue weighted by atomic mass is 35.5. The number of amides is 3. The van der Waals surface area contributed by atoms with Gasteiger partial charge in [0.1, 0.15) is 22.5 Å². The van der Waals surface area contributed by atoms with Crippen molar-refractivity contribution >= 4 is 52.4 Å². The maximum Gasteiger partial charge on any atom is 0.325 e. The summed E-state index contributed by atoms with van der Waals surface area (Å²) in [5.74, 6) is -0.726. The molecule has 2 aromatic rings. The van der Waals surface area contributed by atoms with Gasteiger partial charge in [-0.3, -0.25) is 9.59 Å². The summed E-state index contributed by atoms with van der Waals surface area (Å²) in [5.41, 5.74) is 1.48. The van der Waals surface area contributed by atoms with Gasteiger partial charge >= 0.3 is 12.0 Å². The van der Waals surface area contributed by atoms with E-state index in [4.69, 9.17) is 27.9 Å². The molecular formula is C28H39Cl2N5O4S. The van der Waals surface area contributed by atoms with Crippen molar-refractivity contribution in [1.82, 2.24) is 25.4 Å². The molecule has 9 nitrogen and oxygen atoms in total. The maximum atomic E-state index is 13.2. The molecular weight excluding hydrogens is 573 g/mol. The topological polar surface area (TPSA) is 104 Å². The van der Waals surface area contributed by atoms with Crippen LogP contribution in [0.5, 0.6) is 0 Å². The lowest BCUT2D eigenvalue weighted by Crippen LogP contribution is -2.52. The van der Waals surface area contributed by atoms with Gasteiger partial charge in [0.05, 0.1) is 5.56 Å². The van der Waals surface area contributed by atoms with E-state index in [0.717, 1.165) is 37.9 Å². The lowest BCUT2D eigenvalue weighted by atomic mass is 10.0. The fraction of sp³-hybridized carbons (Fsp3) is 0.571. The van der Waals surface area contributed by atoms with Crippen LogP contribution in [0.4, 0.5) is 4.79 Å². The van der Waals surface area contributed by atoms with E-state index in [0.29, 0.717) is 24.2 Å². The summed E-state index contributed by atoms with van der Waals surface area (Å²) in [6, 6.07) is 3.65. The zero-order chi connectivity index (χ0) is 29.4. The number of halogens is 2. The molecule has 0 saturated carbocycles. The molecule has 0 spiro atoms. The molecule has 2 aromatic heterocycles. The van der Waals surface area contributed by atoms with Crippen LogP contribution in [-0.4, -0.2) is 76.6 Å². The third-order valence-electron chi connectivity index (χ3n) is 6.78. The standard InChI is InChI=1S/C28H39Cl2N5O4S/c1-18-14-22(29)33-25(30)24(18)26(37)31-10-6-19(2)34-11-7-21(8-12-34)35(16-20-9-13-40-17-20)27(38)32-15-23(36)39-28(3,4)5/h9,13-14,17,19,21H,6-8,10-12,15-16H2,1-5H3,(H,31,37)(H,32,38). The van der Waals surface area contributed by atoms with Crippen LogP contribution in [0, 0.1) is 6.92 Å². The molecule has 3 rings (SSSR count). The highest BCUT2D eigenvalue weighted by Gasteiger charge is 2.30. The molecule has 12 heteroatoms. The second-order valence-corrected chi connectivity index (χ2v) is 12.6. The molecule has 1 unspecified atom stereocenters. The zero-order valence-electron chi connectivity index (χ0n) is 23.8. The molecule has 3 amide bonds. The zero-order valence-corrected chi connectivity index (χ0v) is 26.1. The predicted molar refractivity (Wildman–Crippen MR) is 159 cm³/mol. The second kappa shape index (κ2) is 14.5. The van der Waals surface area contributed by atoms with Gasteiger partial charge in [0.15, 0.2) is 0 Å². The maximum absolute atomic E-state index is 13.2. The fourth-order valence-electron chi connectivity index (χ4n) is 4.75. The Labute approximate surface area is 250 Å². The Balaban J connectivity index is 1.51. The van der Waals surface area contributed by atoms with Crippen molar-refractivity contribution < 1.29 is 19.1 Å². The monoisotopic (exact) mass is 611 g/mol.